The second-order valence-electron chi connectivity index (χ2n) is 12.5. The molecule has 182 valence electrons. The zero-order valence-electron chi connectivity index (χ0n) is 21.0. The average molecular weight is 463 g/mol. The van der Waals surface area contributed by atoms with E-state index in [1.807, 2.05) is 0 Å². The monoisotopic (exact) mass is 462 g/mol. The zero-order chi connectivity index (χ0) is 23.1. The lowest BCUT2D eigenvalue weighted by Gasteiger charge is -2.56. The first kappa shape index (κ1) is 24.6. The van der Waals surface area contributed by atoms with Gasteiger partial charge in [-0.1, -0.05) is 58.4 Å². The van der Waals surface area contributed by atoms with Crippen LogP contribution in [0.25, 0.3) is 0 Å². The predicted octanol–water partition coefficient (Wildman–Crippen LogP) is 5.76. The molecule has 0 bridgehead atoms. The summed E-state index contributed by atoms with van der Waals surface area (Å²) in [6.45, 7) is 12.6. The van der Waals surface area contributed by atoms with Crippen LogP contribution < -0.4 is 0 Å². The van der Waals surface area contributed by atoms with Crippen LogP contribution in [0, 0.1) is 52.3 Å². The van der Waals surface area contributed by atoms with E-state index in [1.54, 1.807) is 11.5 Å². The lowest BCUT2D eigenvalue weighted by atomic mass is 9.49. The van der Waals surface area contributed by atoms with Crippen molar-refractivity contribution >= 4 is 11.5 Å². The normalized spacial score (nSPS) is 40.3. The fourth-order valence-corrected chi connectivity index (χ4v) is 9.41. The molecule has 0 amide bonds. The number of hydrogen-bond acceptors (Lipinski definition) is 5. The van der Waals surface area contributed by atoms with Crippen LogP contribution in [0.4, 0.5) is 0 Å². The number of aliphatic hydroxyl groups is 2. The highest BCUT2D eigenvalue weighted by Gasteiger charge is 2.59. The number of aromatic nitrogens is 2. The highest BCUT2D eigenvalue weighted by atomic mass is 32.1. The summed E-state index contributed by atoms with van der Waals surface area (Å²) < 4.78 is 4.21. The third-order valence-corrected chi connectivity index (χ3v) is 11.2. The Labute approximate surface area is 199 Å². The van der Waals surface area contributed by atoms with Gasteiger partial charge in [-0.05, 0) is 102 Å². The van der Waals surface area contributed by atoms with Crippen molar-refractivity contribution in [2.24, 2.45) is 52.3 Å². The smallest absolute Gasteiger partial charge is 0.0791 e. The van der Waals surface area contributed by atoms with Gasteiger partial charge >= 0.3 is 0 Å². The summed E-state index contributed by atoms with van der Waals surface area (Å²) in [5.74, 6) is 4.01. The van der Waals surface area contributed by atoms with Gasteiger partial charge < -0.3 is 10.2 Å². The largest absolute Gasteiger partial charge is 0.396 e. The Balaban J connectivity index is 1.53. The van der Waals surface area contributed by atoms with E-state index in [0.29, 0.717) is 29.8 Å². The van der Waals surface area contributed by atoms with E-state index in [-0.39, 0.29) is 17.9 Å². The molecule has 0 aliphatic heterocycles. The second-order valence-corrected chi connectivity index (χ2v) is 13.3. The van der Waals surface area contributed by atoms with Gasteiger partial charge in [0.15, 0.2) is 0 Å². The van der Waals surface area contributed by atoms with Crippen LogP contribution in [0.15, 0.2) is 0 Å². The molecule has 0 unspecified atom stereocenters. The lowest BCUT2D eigenvalue weighted by molar-refractivity contribution is -0.0937. The minimum Gasteiger partial charge on any atom is -0.396 e. The standard InChI is InChI=1S/C27H46N2O2S/c1-17(2)7-6-8-18(3)21-9-10-22-20(16-31)23(11-12-26(21,22)4)27(5)14-25-24(28-29-32-25)13-19(27)15-30/h17-23,30-31H,6-16H2,1-5H3/t18-,19-,20+,21-,22+,23+,26-,27+/m1/s1. The molecule has 8 atom stereocenters. The highest BCUT2D eigenvalue weighted by molar-refractivity contribution is 7.05. The molecule has 0 radical (unpaired) electrons. The van der Waals surface area contributed by atoms with Crippen LogP contribution in [0.5, 0.6) is 0 Å². The summed E-state index contributed by atoms with van der Waals surface area (Å²) in [5.41, 5.74) is 1.48. The van der Waals surface area contributed by atoms with Gasteiger partial charge in [-0.2, -0.15) is 0 Å². The van der Waals surface area contributed by atoms with Gasteiger partial charge in [-0.3, -0.25) is 0 Å². The van der Waals surface area contributed by atoms with Crippen LogP contribution in [-0.2, 0) is 12.8 Å². The van der Waals surface area contributed by atoms with Crippen molar-refractivity contribution < 1.29 is 10.2 Å². The molecule has 4 nitrogen and oxygen atoms in total. The van der Waals surface area contributed by atoms with Gasteiger partial charge in [0.1, 0.15) is 0 Å². The number of aliphatic hydroxyl groups excluding tert-OH is 2. The third kappa shape index (κ3) is 4.20. The summed E-state index contributed by atoms with van der Waals surface area (Å²) in [6, 6.07) is 0. The maximum Gasteiger partial charge on any atom is 0.0791 e. The minimum absolute atomic E-state index is 0.0195. The van der Waals surface area contributed by atoms with Crippen molar-refractivity contribution in [3.05, 3.63) is 10.6 Å². The highest BCUT2D eigenvalue weighted by Crippen LogP contribution is 2.64. The molecule has 2 fully saturated rings. The van der Waals surface area contributed by atoms with Gasteiger partial charge in [0.25, 0.3) is 0 Å². The number of fused-ring (bicyclic) bond motifs is 2. The van der Waals surface area contributed by atoms with Crippen LogP contribution >= 0.6 is 11.5 Å². The molecule has 3 aliphatic rings. The second kappa shape index (κ2) is 9.62. The van der Waals surface area contributed by atoms with Crippen molar-refractivity contribution in [2.45, 2.75) is 92.4 Å². The molecule has 2 N–H and O–H groups in total. The molecular weight excluding hydrogens is 416 g/mol. The summed E-state index contributed by atoms with van der Waals surface area (Å²) in [4.78, 5) is 1.31. The van der Waals surface area contributed by atoms with E-state index in [2.05, 4.69) is 44.2 Å². The Morgan fingerprint density at radius 2 is 1.75 bits per heavy atom. The van der Waals surface area contributed by atoms with Crippen molar-refractivity contribution in [2.75, 3.05) is 13.2 Å². The lowest BCUT2D eigenvalue weighted by Crippen LogP contribution is -2.53. The quantitative estimate of drug-likeness (QED) is 0.515. The van der Waals surface area contributed by atoms with E-state index in [9.17, 15) is 10.2 Å². The van der Waals surface area contributed by atoms with Crippen LogP contribution in [-0.4, -0.2) is 33.0 Å². The van der Waals surface area contributed by atoms with Crippen molar-refractivity contribution in [3.8, 4) is 0 Å². The molecule has 3 aliphatic carbocycles. The molecule has 0 spiro atoms. The average Bonchev–Trinajstić information content (AvgIpc) is 3.34. The first-order valence-electron chi connectivity index (χ1n) is 13.3. The molecule has 4 rings (SSSR count). The molecule has 0 saturated heterocycles. The fraction of sp³-hybridized carbons (Fsp3) is 0.926. The Kier molecular flexibility index (Phi) is 7.39. The van der Waals surface area contributed by atoms with Crippen LogP contribution in [0.1, 0.15) is 90.1 Å². The van der Waals surface area contributed by atoms with Crippen molar-refractivity contribution in [1.82, 2.24) is 9.59 Å². The van der Waals surface area contributed by atoms with Crippen LogP contribution in [0.3, 0.4) is 0 Å². The molecule has 1 aromatic heterocycles. The van der Waals surface area contributed by atoms with E-state index < -0.39 is 0 Å². The van der Waals surface area contributed by atoms with Crippen molar-refractivity contribution in [3.63, 3.8) is 0 Å². The topological polar surface area (TPSA) is 66.2 Å². The molecule has 32 heavy (non-hydrogen) atoms. The maximum atomic E-state index is 10.7. The first-order valence-corrected chi connectivity index (χ1v) is 14.0. The molecule has 5 heteroatoms. The minimum atomic E-state index is 0.0195. The maximum absolute atomic E-state index is 10.7. The van der Waals surface area contributed by atoms with E-state index in [0.717, 1.165) is 36.3 Å². The van der Waals surface area contributed by atoms with E-state index in [4.69, 9.17) is 0 Å². The molecule has 0 aromatic carbocycles. The van der Waals surface area contributed by atoms with E-state index in [1.165, 1.54) is 49.8 Å². The van der Waals surface area contributed by atoms with E-state index >= 15 is 0 Å². The third-order valence-electron chi connectivity index (χ3n) is 10.5. The first-order chi connectivity index (χ1) is 15.2. The molecular formula is C27H46N2O2S. The van der Waals surface area contributed by atoms with Crippen molar-refractivity contribution in [1.29, 1.82) is 0 Å². The van der Waals surface area contributed by atoms with Gasteiger partial charge in [-0.15, -0.1) is 5.10 Å². The Morgan fingerprint density at radius 1 is 1.00 bits per heavy atom. The summed E-state index contributed by atoms with van der Waals surface area (Å²) in [7, 11) is 0. The molecule has 2 saturated carbocycles. The fourth-order valence-electron chi connectivity index (χ4n) is 8.57. The zero-order valence-corrected chi connectivity index (χ0v) is 21.8. The summed E-state index contributed by atoms with van der Waals surface area (Å²) in [5, 5.41) is 25.4. The molecule has 1 aromatic rings. The predicted molar refractivity (Wildman–Crippen MR) is 131 cm³/mol. The van der Waals surface area contributed by atoms with Gasteiger partial charge in [0, 0.05) is 18.1 Å². The summed E-state index contributed by atoms with van der Waals surface area (Å²) >= 11 is 1.54. The number of nitrogens with zero attached hydrogens (tertiary/aromatic N) is 2. The number of hydrogen-bond donors (Lipinski definition) is 2. The van der Waals surface area contributed by atoms with Gasteiger partial charge in [0.2, 0.25) is 0 Å². The van der Waals surface area contributed by atoms with Gasteiger partial charge in [0.05, 0.1) is 5.69 Å². The molecule has 1 heterocycles. The van der Waals surface area contributed by atoms with Crippen LogP contribution in [0.2, 0.25) is 0 Å². The number of rotatable bonds is 8. The Hall–Kier alpha value is -0.520. The Morgan fingerprint density at radius 3 is 2.44 bits per heavy atom. The Bertz CT molecular complexity index is 767. The SMILES string of the molecule is CC(C)CCC[C@@H](C)[C@H]1CC[C@H]2[C@H](CO)[C@@H]([C@@]3(C)Cc4snnc4C[C@@H]3CO)CC[C@]12C. The summed E-state index contributed by atoms with van der Waals surface area (Å²) in [6.07, 6.45) is 10.9. The van der Waals surface area contributed by atoms with Gasteiger partial charge in [-0.25, -0.2) is 0 Å².